The highest BCUT2D eigenvalue weighted by molar-refractivity contribution is 9.10. The van der Waals surface area contributed by atoms with Crippen LogP contribution < -0.4 is 14.8 Å². The van der Waals surface area contributed by atoms with Crippen molar-refractivity contribution in [3.05, 3.63) is 22.2 Å². The fourth-order valence-electron chi connectivity index (χ4n) is 2.20. The van der Waals surface area contributed by atoms with Crippen LogP contribution in [0, 0.1) is 0 Å². The van der Waals surface area contributed by atoms with Crippen LogP contribution in [0.25, 0.3) is 0 Å². The van der Waals surface area contributed by atoms with E-state index in [1.807, 2.05) is 0 Å². The summed E-state index contributed by atoms with van der Waals surface area (Å²) < 4.78 is 34.7. The summed E-state index contributed by atoms with van der Waals surface area (Å²) >= 11 is 3.40. The molecule has 0 radical (unpaired) electrons. The monoisotopic (exact) mass is 379 g/mol. The highest BCUT2D eigenvalue weighted by Crippen LogP contribution is 2.41. The molecule has 1 aromatic rings. The zero-order chi connectivity index (χ0) is 16.4. The van der Waals surface area contributed by atoms with Crippen molar-refractivity contribution in [1.82, 2.24) is 5.32 Å². The molecular formula is C14H22BrNO4S. The Kier molecular flexibility index (Phi) is 5.69. The quantitative estimate of drug-likeness (QED) is 0.822. The van der Waals surface area contributed by atoms with Crippen LogP contribution in [-0.4, -0.2) is 40.7 Å². The summed E-state index contributed by atoms with van der Waals surface area (Å²) in [5.74, 6) is 1.22. The lowest BCUT2D eigenvalue weighted by molar-refractivity contribution is 0.376. The van der Waals surface area contributed by atoms with Gasteiger partial charge in [-0.2, -0.15) is 0 Å². The highest BCUT2D eigenvalue weighted by Gasteiger charge is 2.40. The Balaban J connectivity index is 3.55. The zero-order valence-corrected chi connectivity index (χ0v) is 15.6. The van der Waals surface area contributed by atoms with Crippen LogP contribution in [0.15, 0.2) is 16.6 Å². The minimum absolute atomic E-state index is 0.440. The first-order valence-electron chi connectivity index (χ1n) is 6.38. The predicted molar refractivity (Wildman–Crippen MR) is 88.0 cm³/mol. The molecule has 0 spiro atoms. The average Bonchev–Trinajstić information content (AvgIpc) is 2.39. The van der Waals surface area contributed by atoms with Gasteiger partial charge >= 0.3 is 0 Å². The van der Waals surface area contributed by atoms with Crippen molar-refractivity contribution in [1.29, 1.82) is 0 Å². The van der Waals surface area contributed by atoms with Gasteiger partial charge in [0.05, 0.1) is 29.5 Å². The Bertz CT molecular complexity index is 614. The van der Waals surface area contributed by atoms with Crippen molar-refractivity contribution in [2.75, 3.05) is 27.5 Å². The van der Waals surface area contributed by atoms with Crippen LogP contribution >= 0.6 is 15.9 Å². The van der Waals surface area contributed by atoms with Gasteiger partial charge in [-0.25, -0.2) is 8.42 Å². The Morgan fingerprint density at radius 2 is 1.71 bits per heavy atom. The highest BCUT2D eigenvalue weighted by atomic mass is 79.9. The molecule has 1 aromatic carbocycles. The summed E-state index contributed by atoms with van der Waals surface area (Å²) in [4.78, 5) is 0. The minimum Gasteiger partial charge on any atom is -0.496 e. The molecule has 0 saturated heterocycles. The molecule has 21 heavy (non-hydrogen) atoms. The van der Waals surface area contributed by atoms with Crippen LogP contribution in [0.5, 0.6) is 11.5 Å². The molecule has 5 nitrogen and oxygen atoms in total. The topological polar surface area (TPSA) is 64.6 Å². The smallest absolute Gasteiger partial charge is 0.154 e. The zero-order valence-electron chi connectivity index (χ0n) is 13.2. The van der Waals surface area contributed by atoms with Crippen LogP contribution in [0.1, 0.15) is 25.5 Å². The maximum absolute atomic E-state index is 12.1. The van der Waals surface area contributed by atoms with Crippen molar-refractivity contribution in [2.24, 2.45) is 0 Å². The van der Waals surface area contributed by atoms with Crippen molar-refractivity contribution < 1.29 is 17.9 Å². The van der Waals surface area contributed by atoms with E-state index < -0.39 is 20.6 Å². The van der Waals surface area contributed by atoms with Crippen molar-refractivity contribution in [3.63, 3.8) is 0 Å². The number of hydrogen-bond donors (Lipinski definition) is 1. The Morgan fingerprint density at radius 3 is 2.10 bits per heavy atom. The number of hydrogen-bond acceptors (Lipinski definition) is 5. The van der Waals surface area contributed by atoms with Gasteiger partial charge in [0.15, 0.2) is 9.84 Å². The Morgan fingerprint density at radius 1 is 1.19 bits per heavy atom. The molecule has 1 unspecified atom stereocenters. The van der Waals surface area contributed by atoms with Gasteiger partial charge in [0.1, 0.15) is 11.5 Å². The maximum atomic E-state index is 12.1. The molecule has 0 aromatic heterocycles. The third kappa shape index (κ3) is 3.52. The second-order valence-electron chi connectivity index (χ2n) is 5.33. The summed E-state index contributed by atoms with van der Waals surface area (Å²) in [7, 11) is 1.56. The summed E-state index contributed by atoms with van der Waals surface area (Å²) in [5.41, 5.74) is 0.732. The van der Waals surface area contributed by atoms with E-state index in [1.165, 1.54) is 6.26 Å². The number of halogens is 1. The van der Waals surface area contributed by atoms with Crippen molar-refractivity contribution in [2.45, 2.75) is 24.6 Å². The lowest BCUT2D eigenvalue weighted by Gasteiger charge is -2.33. The van der Waals surface area contributed by atoms with E-state index in [1.54, 1.807) is 47.2 Å². The number of ether oxygens (including phenoxy) is 2. The van der Waals surface area contributed by atoms with Gasteiger partial charge < -0.3 is 14.8 Å². The third-order valence-corrected chi connectivity index (χ3v) is 6.52. The Hall–Kier alpha value is -0.790. The first kappa shape index (κ1) is 18.3. The molecular weight excluding hydrogens is 358 g/mol. The standard InChI is InChI=1S/C14H22BrNO4S/c1-14(2,21(6,17)18)13(16-3)9-7-12(20-5)10(15)8-11(9)19-4/h7-8,13,16H,1-6H3. The van der Waals surface area contributed by atoms with E-state index in [0.29, 0.717) is 11.5 Å². The molecule has 0 fully saturated rings. The fraction of sp³-hybridized carbons (Fsp3) is 0.571. The van der Waals surface area contributed by atoms with E-state index >= 15 is 0 Å². The summed E-state index contributed by atoms with van der Waals surface area (Å²) in [6.45, 7) is 3.38. The molecule has 0 bridgehead atoms. The molecule has 1 atom stereocenters. The largest absolute Gasteiger partial charge is 0.496 e. The molecule has 0 amide bonds. The average molecular weight is 380 g/mol. The normalized spacial score (nSPS) is 13.9. The fourth-order valence-corrected chi connectivity index (χ4v) is 3.36. The van der Waals surface area contributed by atoms with Crippen LogP contribution in [0.4, 0.5) is 0 Å². The van der Waals surface area contributed by atoms with E-state index in [-0.39, 0.29) is 0 Å². The van der Waals surface area contributed by atoms with E-state index in [2.05, 4.69) is 21.2 Å². The van der Waals surface area contributed by atoms with Crippen molar-refractivity contribution in [3.8, 4) is 11.5 Å². The van der Waals surface area contributed by atoms with Crippen LogP contribution in [0.3, 0.4) is 0 Å². The van der Waals surface area contributed by atoms with Crippen LogP contribution in [0.2, 0.25) is 0 Å². The van der Waals surface area contributed by atoms with Gasteiger partial charge in [-0.1, -0.05) is 0 Å². The number of rotatable bonds is 6. The SMILES string of the molecule is CNC(c1cc(OC)c(Br)cc1OC)C(C)(C)S(C)(=O)=O. The molecule has 1 N–H and O–H groups in total. The van der Waals surface area contributed by atoms with Gasteiger partial charge in [-0.05, 0) is 49.0 Å². The molecule has 0 aliphatic heterocycles. The van der Waals surface area contributed by atoms with E-state index in [0.717, 1.165) is 10.0 Å². The lowest BCUT2D eigenvalue weighted by atomic mass is 9.94. The van der Waals surface area contributed by atoms with Crippen LogP contribution in [-0.2, 0) is 9.84 Å². The summed E-state index contributed by atoms with van der Waals surface area (Å²) in [6.07, 6.45) is 1.24. The van der Waals surface area contributed by atoms with Gasteiger partial charge in [-0.15, -0.1) is 0 Å². The second kappa shape index (κ2) is 6.54. The number of nitrogens with one attached hydrogen (secondary N) is 1. The van der Waals surface area contributed by atoms with Crippen molar-refractivity contribution >= 4 is 25.8 Å². The molecule has 0 heterocycles. The minimum atomic E-state index is -3.29. The first-order valence-corrected chi connectivity index (χ1v) is 9.06. The molecule has 0 aliphatic rings. The van der Waals surface area contributed by atoms with Gasteiger partial charge in [0, 0.05) is 11.8 Å². The maximum Gasteiger partial charge on any atom is 0.154 e. The van der Waals surface area contributed by atoms with Gasteiger partial charge in [0.25, 0.3) is 0 Å². The summed E-state index contributed by atoms with van der Waals surface area (Å²) in [6, 6.07) is 3.12. The Labute approximate surface area is 135 Å². The molecule has 7 heteroatoms. The lowest BCUT2D eigenvalue weighted by Crippen LogP contribution is -2.44. The number of sulfone groups is 1. The molecule has 120 valence electrons. The number of benzene rings is 1. The van der Waals surface area contributed by atoms with Gasteiger partial charge in [0.2, 0.25) is 0 Å². The summed E-state index contributed by atoms with van der Waals surface area (Å²) in [5, 5.41) is 3.08. The van der Waals surface area contributed by atoms with E-state index in [9.17, 15) is 8.42 Å². The third-order valence-electron chi connectivity index (χ3n) is 3.75. The van der Waals surface area contributed by atoms with E-state index in [4.69, 9.17) is 9.47 Å². The molecule has 1 rings (SSSR count). The molecule has 0 aliphatic carbocycles. The van der Waals surface area contributed by atoms with Gasteiger partial charge in [-0.3, -0.25) is 0 Å². The second-order valence-corrected chi connectivity index (χ2v) is 8.78. The number of methoxy groups -OCH3 is 2. The molecule has 0 saturated carbocycles. The first-order chi connectivity index (χ1) is 9.60. The predicted octanol–water partition coefficient (Wildman–Crippen LogP) is 2.55.